The number of benzene rings is 2. The van der Waals surface area contributed by atoms with Crippen LogP contribution in [0.15, 0.2) is 48.5 Å². The molecule has 0 aliphatic heterocycles. The first-order valence-corrected chi connectivity index (χ1v) is 9.31. The number of amides is 2. The van der Waals surface area contributed by atoms with Gasteiger partial charge in [-0.15, -0.1) is 0 Å². The average molecular weight is 366 g/mol. The van der Waals surface area contributed by atoms with Crippen molar-refractivity contribution >= 4 is 17.5 Å². The van der Waals surface area contributed by atoms with Crippen molar-refractivity contribution in [1.29, 1.82) is 0 Å². The molecule has 0 heterocycles. The number of aryl methyl sites for hydroxylation is 1. The Morgan fingerprint density at radius 3 is 2.48 bits per heavy atom. The minimum Gasteiger partial charge on any atom is -0.385 e. The zero-order valence-electron chi connectivity index (χ0n) is 15.9. The summed E-state index contributed by atoms with van der Waals surface area (Å²) in [5.74, 6) is -0.0568. The third-order valence-electron chi connectivity index (χ3n) is 4.97. The predicted molar refractivity (Wildman–Crippen MR) is 106 cm³/mol. The topological polar surface area (TPSA) is 67.4 Å². The first-order valence-electron chi connectivity index (χ1n) is 9.31. The highest BCUT2D eigenvalue weighted by molar-refractivity contribution is 6.04. The smallest absolute Gasteiger partial charge is 0.255 e. The quantitative estimate of drug-likeness (QED) is 0.704. The number of carbonyl (C=O) groups is 2. The van der Waals surface area contributed by atoms with Crippen LogP contribution in [-0.4, -0.2) is 32.1 Å². The van der Waals surface area contributed by atoms with Crippen LogP contribution >= 0.6 is 0 Å². The molecule has 2 aromatic rings. The first-order chi connectivity index (χ1) is 13.0. The van der Waals surface area contributed by atoms with Crippen LogP contribution in [0, 0.1) is 6.92 Å². The van der Waals surface area contributed by atoms with E-state index >= 15 is 0 Å². The molecule has 2 aromatic carbocycles. The molecule has 0 spiro atoms. The van der Waals surface area contributed by atoms with Gasteiger partial charge in [-0.1, -0.05) is 29.8 Å². The molecule has 1 fully saturated rings. The molecule has 0 atom stereocenters. The van der Waals surface area contributed by atoms with Crippen molar-refractivity contribution in [2.45, 2.75) is 31.6 Å². The van der Waals surface area contributed by atoms with E-state index in [-0.39, 0.29) is 11.8 Å². The van der Waals surface area contributed by atoms with Crippen LogP contribution in [0.5, 0.6) is 0 Å². The van der Waals surface area contributed by atoms with E-state index in [4.69, 9.17) is 4.74 Å². The van der Waals surface area contributed by atoms with Gasteiger partial charge >= 0.3 is 0 Å². The summed E-state index contributed by atoms with van der Waals surface area (Å²) in [5.41, 5.74) is 2.99. The van der Waals surface area contributed by atoms with Crippen LogP contribution in [0.2, 0.25) is 0 Å². The van der Waals surface area contributed by atoms with Crippen molar-refractivity contribution in [3.63, 3.8) is 0 Å². The molecule has 3 rings (SSSR count). The van der Waals surface area contributed by atoms with Gasteiger partial charge in [0.1, 0.15) is 0 Å². The van der Waals surface area contributed by atoms with Gasteiger partial charge in [-0.3, -0.25) is 9.59 Å². The highest BCUT2D eigenvalue weighted by atomic mass is 16.5. The fraction of sp³-hybridized carbons (Fsp3) is 0.364. The second kappa shape index (κ2) is 8.35. The van der Waals surface area contributed by atoms with Crippen LogP contribution in [0.4, 0.5) is 5.69 Å². The van der Waals surface area contributed by atoms with E-state index in [2.05, 4.69) is 10.6 Å². The molecule has 27 heavy (non-hydrogen) atoms. The number of hydrogen-bond acceptors (Lipinski definition) is 3. The summed E-state index contributed by atoms with van der Waals surface area (Å²) in [5, 5.41) is 5.91. The molecule has 142 valence electrons. The van der Waals surface area contributed by atoms with Crippen molar-refractivity contribution in [2.24, 2.45) is 0 Å². The SMILES string of the molecule is COCCCNC(=O)C1(c2ccc(NC(=O)c3cccc(C)c3)cc2)CC1. The minimum atomic E-state index is -0.411. The molecule has 0 radical (unpaired) electrons. The van der Waals surface area contributed by atoms with E-state index in [1.807, 2.05) is 49.4 Å². The third-order valence-corrected chi connectivity index (χ3v) is 4.97. The molecule has 0 saturated heterocycles. The first kappa shape index (κ1) is 19.1. The van der Waals surface area contributed by atoms with Crippen LogP contribution in [0.1, 0.15) is 40.7 Å². The maximum Gasteiger partial charge on any atom is 0.255 e. The summed E-state index contributed by atoms with van der Waals surface area (Å²) < 4.78 is 5.01. The highest BCUT2D eigenvalue weighted by Crippen LogP contribution is 2.48. The Kier molecular flexibility index (Phi) is 5.91. The summed E-state index contributed by atoms with van der Waals surface area (Å²) in [6, 6.07) is 15.1. The molecule has 1 aliphatic carbocycles. The van der Waals surface area contributed by atoms with E-state index in [0.29, 0.717) is 18.7 Å². The van der Waals surface area contributed by atoms with Crippen molar-refractivity contribution in [1.82, 2.24) is 5.32 Å². The number of hydrogen-bond donors (Lipinski definition) is 2. The number of nitrogens with one attached hydrogen (secondary N) is 2. The Bertz CT molecular complexity index is 811. The fourth-order valence-corrected chi connectivity index (χ4v) is 3.22. The number of ether oxygens (including phenoxy) is 1. The maximum absolute atomic E-state index is 12.5. The molecule has 5 nitrogen and oxygen atoms in total. The predicted octanol–water partition coefficient (Wildman–Crippen LogP) is 3.43. The highest BCUT2D eigenvalue weighted by Gasteiger charge is 2.50. The number of carbonyl (C=O) groups excluding carboxylic acids is 2. The number of anilines is 1. The Labute approximate surface area is 160 Å². The summed E-state index contributed by atoms with van der Waals surface area (Å²) in [7, 11) is 1.66. The average Bonchev–Trinajstić information content (AvgIpc) is 3.48. The molecule has 1 saturated carbocycles. The molecule has 2 N–H and O–H groups in total. The van der Waals surface area contributed by atoms with Gasteiger partial charge in [0.05, 0.1) is 5.41 Å². The van der Waals surface area contributed by atoms with Crippen LogP contribution in [0.3, 0.4) is 0 Å². The summed E-state index contributed by atoms with van der Waals surface area (Å²) in [6.45, 7) is 3.22. The zero-order valence-corrected chi connectivity index (χ0v) is 15.9. The number of methoxy groups -OCH3 is 1. The van der Waals surface area contributed by atoms with Crippen molar-refractivity contribution < 1.29 is 14.3 Å². The monoisotopic (exact) mass is 366 g/mol. The summed E-state index contributed by atoms with van der Waals surface area (Å²) in [6.07, 6.45) is 2.53. The molecule has 1 aliphatic rings. The lowest BCUT2D eigenvalue weighted by molar-refractivity contribution is -0.123. The van der Waals surface area contributed by atoms with Gasteiger partial charge in [-0.05, 0) is 56.0 Å². The van der Waals surface area contributed by atoms with E-state index < -0.39 is 5.41 Å². The van der Waals surface area contributed by atoms with Crippen LogP contribution < -0.4 is 10.6 Å². The van der Waals surface area contributed by atoms with Gasteiger partial charge in [0.25, 0.3) is 5.91 Å². The largest absolute Gasteiger partial charge is 0.385 e. The van der Waals surface area contributed by atoms with E-state index in [0.717, 1.165) is 36.1 Å². The van der Waals surface area contributed by atoms with Crippen molar-refractivity contribution in [3.8, 4) is 0 Å². The van der Waals surface area contributed by atoms with E-state index in [9.17, 15) is 9.59 Å². The summed E-state index contributed by atoms with van der Waals surface area (Å²) >= 11 is 0. The summed E-state index contributed by atoms with van der Waals surface area (Å²) in [4.78, 5) is 24.9. The fourth-order valence-electron chi connectivity index (χ4n) is 3.22. The van der Waals surface area contributed by atoms with Gasteiger partial charge in [-0.25, -0.2) is 0 Å². The maximum atomic E-state index is 12.5. The molecular formula is C22H26N2O3. The Morgan fingerprint density at radius 2 is 1.85 bits per heavy atom. The van der Waals surface area contributed by atoms with Crippen molar-refractivity contribution in [2.75, 3.05) is 25.6 Å². The molecule has 2 amide bonds. The normalized spacial score (nSPS) is 14.4. The molecule has 0 unspecified atom stereocenters. The Balaban J connectivity index is 1.61. The number of rotatable bonds is 8. The molecular weight excluding hydrogens is 340 g/mol. The molecule has 5 heteroatoms. The standard InChI is InChI=1S/C22H26N2O3/c1-16-5-3-6-17(15-16)20(25)24-19-9-7-18(8-10-19)22(11-12-22)21(26)23-13-4-14-27-2/h3,5-10,15H,4,11-14H2,1-2H3,(H,23,26)(H,24,25). The van der Waals surface area contributed by atoms with Crippen LogP contribution in [-0.2, 0) is 14.9 Å². The van der Waals surface area contributed by atoms with Crippen LogP contribution in [0.25, 0.3) is 0 Å². The van der Waals surface area contributed by atoms with Crippen molar-refractivity contribution in [3.05, 3.63) is 65.2 Å². The lowest BCUT2D eigenvalue weighted by Crippen LogP contribution is -2.35. The molecule has 0 bridgehead atoms. The Hall–Kier alpha value is -2.66. The molecule has 0 aromatic heterocycles. The van der Waals surface area contributed by atoms with Gasteiger partial charge < -0.3 is 15.4 Å². The van der Waals surface area contributed by atoms with E-state index in [1.165, 1.54) is 0 Å². The van der Waals surface area contributed by atoms with Gasteiger partial charge in [-0.2, -0.15) is 0 Å². The second-order valence-corrected chi connectivity index (χ2v) is 7.09. The lowest BCUT2D eigenvalue weighted by atomic mass is 9.94. The lowest BCUT2D eigenvalue weighted by Gasteiger charge is -2.16. The minimum absolute atomic E-state index is 0.0788. The Morgan fingerprint density at radius 1 is 1.11 bits per heavy atom. The van der Waals surface area contributed by atoms with Gasteiger partial charge in [0.15, 0.2) is 0 Å². The zero-order chi connectivity index (χ0) is 19.3. The van der Waals surface area contributed by atoms with Gasteiger partial charge in [0.2, 0.25) is 5.91 Å². The second-order valence-electron chi connectivity index (χ2n) is 7.09. The third kappa shape index (κ3) is 4.55. The van der Waals surface area contributed by atoms with E-state index in [1.54, 1.807) is 13.2 Å². The van der Waals surface area contributed by atoms with Gasteiger partial charge in [0, 0.05) is 31.5 Å².